The first-order chi connectivity index (χ1) is 13.2. The van der Waals surface area contributed by atoms with E-state index < -0.39 is 31.7 Å². The number of hydrogen-bond donors (Lipinski definition) is 0. The molecule has 0 aromatic heterocycles. The summed E-state index contributed by atoms with van der Waals surface area (Å²) in [6.07, 6.45) is 0.322. The summed E-state index contributed by atoms with van der Waals surface area (Å²) in [6.45, 7) is 0.318. The maximum atomic E-state index is 13.3. The molecular weight excluding hydrogens is 410 g/mol. The quantitative estimate of drug-likeness (QED) is 0.729. The van der Waals surface area contributed by atoms with E-state index in [1.54, 1.807) is 0 Å². The molecule has 1 aliphatic rings. The van der Waals surface area contributed by atoms with Gasteiger partial charge in [-0.05, 0) is 48.4 Å². The van der Waals surface area contributed by atoms with Crippen LogP contribution in [0.15, 0.2) is 53.4 Å². The Labute approximate surface area is 163 Å². The van der Waals surface area contributed by atoms with Crippen LogP contribution in [-0.2, 0) is 25.8 Å². The summed E-state index contributed by atoms with van der Waals surface area (Å²) in [5.41, 5.74) is 0.333. The summed E-state index contributed by atoms with van der Waals surface area (Å²) in [5.74, 6) is -1.40. The minimum Gasteiger partial charge on any atom is -0.212 e. The second kappa shape index (κ2) is 8.24. The predicted octanol–water partition coefficient (Wildman–Crippen LogP) is 2.19. The Morgan fingerprint density at radius 1 is 0.786 bits per heavy atom. The van der Waals surface area contributed by atoms with Crippen LogP contribution >= 0.6 is 0 Å². The summed E-state index contributed by atoms with van der Waals surface area (Å²) in [7, 11) is -7.56. The van der Waals surface area contributed by atoms with Crippen molar-refractivity contribution < 1.29 is 25.6 Å². The lowest BCUT2D eigenvalue weighted by Crippen LogP contribution is -2.37. The average molecular weight is 430 g/mol. The van der Waals surface area contributed by atoms with Crippen LogP contribution in [0.4, 0.5) is 8.78 Å². The first-order valence-electron chi connectivity index (χ1n) is 8.66. The molecule has 2 aromatic rings. The van der Waals surface area contributed by atoms with Crippen molar-refractivity contribution in [2.24, 2.45) is 0 Å². The minimum absolute atomic E-state index is 0.00191. The van der Waals surface area contributed by atoms with Crippen molar-refractivity contribution in [1.29, 1.82) is 0 Å². The molecule has 0 atom stereocenters. The molecule has 28 heavy (non-hydrogen) atoms. The first-order valence-corrected chi connectivity index (χ1v) is 11.7. The second-order valence-corrected chi connectivity index (χ2v) is 10.4. The van der Waals surface area contributed by atoms with Gasteiger partial charge in [0.2, 0.25) is 20.0 Å². The van der Waals surface area contributed by atoms with Gasteiger partial charge in [0.05, 0.1) is 10.6 Å². The van der Waals surface area contributed by atoms with Crippen molar-refractivity contribution >= 4 is 20.0 Å². The molecule has 3 rings (SSSR count). The Kier molecular flexibility index (Phi) is 6.13. The molecule has 10 heteroatoms. The first kappa shape index (κ1) is 20.8. The van der Waals surface area contributed by atoms with E-state index >= 15 is 0 Å². The van der Waals surface area contributed by atoms with Crippen LogP contribution in [-0.4, -0.2) is 51.6 Å². The molecule has 1 heterocycles. The Hall–Kier alpha value is -1.88. The highest BCUT2D eigenvalue weighted by Gasteiger charge is 2.31. The lowest BCUT2D eigenvalue weighted by atomic mass is 10.2. The van der Waals surface area contributed by atoms with E-state index in [0.29, 0.717) is 12.0 Å². The fourth-order valence-electron chi connectivity index (χ4n) is 3.07. The average Bonchev–Trinajstić information content (AvgIpc) is 2.89. The number of hydrogen-bond acceptors (Lipinski definition) is 4. The standard InChI is InChI=1S/C18H20F2N2O4S2/c19-16-5-7-18(8-6-16)28(25,26)22-10-2-9-21(11-12-22)27(23,24)14-15-3-1-4-17(20)13-15/h1,3-8,13H,2,9-12,14H2. The van der Waals surface area contributed by atoms with Crippen molar-refractivity contribution in [1.82, 2.24) is 8.61 Å². The van der Waals surface area contributed by atoms with Crippen LogP contribution in [0.1, 0.15) is 12.0 Å². The molecule has 1 saturated heterocycles. The monoisotopic (exact) mass is 430 g/mol. The van der Waals surface area contributed by atoms with E-state index in [2.05, 4.69) is 0 Å². The van der Waals surface area contributed by atoms with E-state index in [9.17, 15) is 25.6 Å². The third-order valence-electron chi connectivity index (χ3n) is 4.50. The molecule has 2 aromatic carbocycles. The van der Waals surface area contributed by atoms with Crippen molar-refractivity contribution in [3.05, 3.63) is 65.7 Å². The highest BCUT2D eigenvalue weighted by Crippen LogP contribution is 2.20. The van der Waals surface area contributed by atoms with Crippen LogP contribution in [0.3, 0.4) is 0 Å². The normalized spacial score (nSPS) is 17.4. The van der Waals surface area contributed by atoms with Crippen molar-refractivity contribution in [2.75, 3.05) is 26.2 Å². The van der Waals surface area contributed by atoms with Crippen molar-refractivity contribution in [2.45, 2.75) is 17.1 Å². The van der Waals surface area contributed by atoms with E-state index in [1.807, 2.05) is 0 Å². The van der Waals surface area contributed by atoms with Crippen molar-refractivity contribution in [3.63, 3.8) is 0 Å². The number of benzene rings is 2. The van der Waals surface area contributed by atoms with E-state index in [1.165, 1.54) is 45.0 Å². The van der Waals surface area contributed by atoms with Crippen LogP contribution in [0.2, 0.25) is 0 Å². The van der Waals surface area contributed by atoms with Gasteiger partial charge >= 0.3 is 0 Å². The Morgan fingerprint density at radius 3 is 2.11 bits per heavy atom. The summed E-state index contributed by atoms with van der Waals surface area (Å²) in [5, 5.41) is 0. The molecule has 0 saturated carbocycles. The fourth-order valence-corrected chi connectivity index (χ4v) is 6.09. The van der Waals surface area contributed by atoms with Crippen LogP contribution in [0, 0.1) is 11.6 Å². The molecule has 1 aliphatic heterocycles. The Bertz CT molecular complexity index is 1040. The summed E-state index contributed by atoms with van der Waals surface area (Å²) < 4.78 is 79.6. The highest BCUT2D eigenvalue weighted by atomic mass is 32.2. The molecule has 0 amide bonds. The van der Waals surface area contributed by atoms with Gasteiger partial charge < -0.3 is 0 Å². The highest BCUT2D eigenvalue weighted by molar-refractivity contribution is 7.89. The Balaban J connectivity index is 1.73. The molecule has 0 N–H and O–H groups in total. The van der Waals surface area contributed by atoms with Crippen molar-refractivity contribution in [3.8, 4) is 0 Å². The van der Waals surface area contributed by atoms with Gasteiger partial charge in [-0.2, -0.15) is 4.31 Å². The van der Waals surface area contributed by atoms with Gasteiger partial charge in [0.1, 0.15) is 11.6 Å². The minimum atomic E-state index is -3.84. The van der Waals surface area contributed by atoms with Gasteiger partial charge in [-0.25, -0.2) is 29.9 Å². The second-order valence-electron chi connectivity index (χ2n) is 6.50. The van der Waals surface area contributed by atoms with Gasteiger partial charge in [-0.15, -0.1) is 0 Å². The summed E-state index contributed by atoms with van der Waals surface area (Å²) >= 11 is 0. The lowest BCUT2D eigenvalue weighted by molar-refractivity contribution is 0.404. The van der Waals surface area contributed by atoms with E-state index in [0.717, 1.165) is 12.1 Å². The van der Waals surface area contributed by atoms with E-state index in [4.69, 9.17) is 0 Å². The molecule has 1 fully saturated rings. The Morgan fingerprint density at radius 2 is 1.43 bits per heavy atom. The zero-order valence-corrected chi connectivity index (χ0v) is 16.6. The number of sulfonamides is 2. The molecular formula is C18H20F2N2O4S2. The fraction of sp³-hybridized carbons (Fsp3) is 0.333. The molecule has 0 unspecified atom stereocenters. The molecule has 6 nitrogen and oxygen atoms in total. The molecule has 0 aliphatic carbocycles. The lowest BCUT2D eigenvalue weighted by Gasteiger charge is -2.21. The van der Waals surface area contributed by atoms with Gasteiger partial charge in [-0.3, -0.25) is 0 Å². The largest absolute Gasteiger partial charge is 0.243 e. The number of halogens is 2. The topological polar surface area (TPSA) is 74.8 Å². The van der Waals surface area contributed by atoms with Gasteiger partial charge in [0, 0.05) is 26.2 Å². The SMILES string of the molecule is O=S(=O)(Cc1cccc(F)c1)N1CCCN(S(=O)(=O)c2ccc(F)cc2)CC1. The maximum absolute atomic E-state index is 13.3. The third-order valence-corrected chi connectivity index (χ3v) is 8.26. The summed E-state index contributed by atoms with van der Waals surface area (Å²) in [4.78, 5) is -0.0371. The smallest absolute Gasteiger partial charge is 0.212 e. The zero-order valence-electron chi connectivity index (χ0n) is 15.0. The molecule has 0 radical (unpaired) electrons. The summed E-state index contributed by atoms with van der Waals surface area (Å²) in [6, 6.07) is 9.90. The maximum Gasteiger partial charge on any atom is 0.243 e. The van der Waals surface area contributed by atoms with Crippen LogP contribution in [0.25, 0.3) is 0 Å². The molecule has 152 valence electrons. The third kappa shape index (κ3) is 4.75. The van der Waals surface area contributed by atoms with Crippen LogP contribution in [0.5, 0.6) is 0 Å². The zero-order chi connectivity index (χ0) is 20.4. The van der Waals surface area contributed by atoms with E-state index in [-0.39, 0.29) is 36.8 Å². The van der Waals surface area contributed by atoms with Gasteiger partial charge in [0.25, 0.3) is 0 Å². The number of rotatable bonds is 5. The molecule has 0 bridgehead atoms. The van der Waals surface area contributed by atoms with Gasteiger partial charge in [0.15, 0.2) is 0 Å². The van der Waals surface area contributed by atoms with Gasteiger partial charge in [-0.1, -0.05) is 12.1 Å². The predicted molar refractivity (Wildman–Crippen MR) is 100 cm³/mol. The van der Waals surface area contributed by atoms with Crippen LogP contribution < -0.4 is 0 Å². The molecule has 0 spiro atoms. The number of nitrogens with zero attached hydrogens (tertiary/aromatic N) is 2.